The summed E-state index contributed by atoms with van der Waals surface area (Å²) in [6, 6.07) is -1.32. The first kappa shape index (κ1) is 19.9. The van der Waals surface area contributed by atoms with Crippen LogP contribution in [-0.2, 0) is 14.3 Å². The third-order valence-corrected chi connectivity index (χ3v) is 5.04. The van der Waals surface area contributed by atoms with E-state index in [2.05, 4.69) is 15.2 Å². The van der Waals surface area contributed by atoms with Crippen LogP contribution in [0.15, 0.2) is 4.99 Å². The van der Waals surface area contributed by atoms with Gasteiger partial charge in [-0.3, -0.25) is 19.8 Å². The predicted molar refractivity (Wildman–Crippen MR) is 97.2 cm³/mol. The largest absolute Gasteiger partial charge is 0.450 e. The molecule has 28 heavy (non-hydrogen) atoms. The van der Waals surface area contributed by atoms with Gasteiger partial charge >= 0.3 is 12.1 Å². The van der Waals surface area contributed by atoms with Crippen molar-refractivity contribution < 1.29 is 23.9 Å². The number of piperazine rings is 1. The average molecular weight is 395 g/mol. The summed E-state index contributed by atoms with van der Waals surface area (Å²) in [6.45, 7) is 4.51. The fraction of sp³-hybridized carbons (Fsp3) is 0.688. The molecule has 2 unspecified atom stereocenters. The SMILES string of the molecule is CCOC(=O)N1CCN(CC2=NC3C(C(=O)NC(=O)N3C)N2CC(N)=O)CC1. The van der Waals surface area contributed by atoms with E-state index in [-0.39, 0.29) is 12.6 Å². The number of amidine groups is 1. The van der Waals surface area contributed by atoms with Gasteiger partial charge in [0, 0.05) is 33.2 Å². The van der Waals surface area contributed by atoms with E-state index in [0.29, 0.717) is 45.2 Å². The van der Waals surface area contributed by atoms with Crippen LogP contribution in [0.2, 0.25) is 0 Å². The first-order valence-corrected chi connectivity index (χ1v) is 9.15. The number of likely N-dealkylation sites (N-methyl/N-ethyl adjacent to an activating group) is 1. The number of nitrogens with two attached hydrogens (primary N) is 1. The highest BCUT2D eigenvalue weighted by Crippen LogP contribution is 2.24. The van der Waals surface area contributed by atoms with Gasteiger partial charge in [-0.1, -0.05) is 0 Å². The lowest BCUT2D eigenvalue weighted by atomic mass is 10.1. The Morgan fingerprint density at radius 1 is 1.25 bits per heavy atom. The number of urea groups is 1. The van der Waals surface area contributed by atoms with Crippen LogP contribution in [0.25, 0.3) is 0 Å². The average Bonchev–Trinajstić information content (AvgIpc) is 2.99. The molecule has 3 heterocycles. The Kier molecular flexibility index (Phi) is 5.68. The van der Waals surface area contributed by atoms with E-state index >= 15 is 0 Å². The Hall–Kier alpha value is -2.89. The van der Waals surface area contributed by atoms with E-state index in [1.165, 1.54) is 4.90 Å². The van der Waals surface area contributed by atoms with Gasteiger partial charge in [-0.05, 0) is 6.92 Å². The Bertz CT molecular complexity index is 703. The van der Waals surface area contributed by atoms with Crippen LogP contribution in [0.3, 0.4) is 0 Å². The maximum Gasteiger partial charge on any atom is 0.409 e. The van der Waals surface area contributed by atoms with Gasteiger partial charge in [-0.15, -0.1) is 0 Å². The third-order valence-electron chi connectivity index (χ3n) is 5.04. The highest BCUT2D eigenvalue weighted by Gasteiger charge is 2.48. The number of imide groups is 1. The minimum Gasteiger partial charge on any atom is -0.450 e. The van der Waals surface area contributed by atoms with E-state index in [1.807, 2.05) is 0 Å². The zero-order valence-electron chi connectivity index (χ0n) is 16.0. The number of nitrogens with zero attached hydrogens (tertiary/aromatic N) is 5. The minimum absolute atomic E-state index is 0.168. The molecule has 154 valence electrons. The molecule has 3 aliphatic heterocycles. The van der Waals surface area contributed by atoms with Crippen molar-refractivity contribution in [3.8, 4) is 0 Å². The van der Waals surface area contributed by atoms with Gasteiger partial charge in [-0.25, -0.2) is 14.6 Å². The molecule has 0 aromatic rings. The summed E-state index contributed by atoms with van der Waals surface area (Å²) in [5.74, 6) is -0.567. The van der Waals surface area contributed by atoms with Crippen LogP contribution < -0.4 is 11.1 Å². The molecule has 0 aliphatic carbocycles. The number of hydrogen-bond donors (Lipinski definition) is 2. The van der Waals surface area contributed by atoms with Crippen LogP contribution in [0.4, 0.5) is 9.59 Å². The van der Waals surface area contributed by atoms with Gasteiger partial charge < -0.3 is 25.2 Å². The number of amides is 5. The van der Waals surface area contributed by atoms with Gasteiger partial charge in [0.15, 0.2) is 12.2 Å². The molecular formula is C16H25N7O5. The molecular weight excluding hydrogens is 370 g/mol. The topological polar surface area (TPSA) is 141 Å². The molecule has 0 radical (unpaired) electrons. The molecule has 12 heteroatoms. The van der Waals surface area contributed by atoms with Crippen molar-refractivity contribution in [2.24, 2.45) is 10.7 Å². The number of aliphatic imine (C=N–C) groups is 1. The number of nitrogens with one attached hydrogen (secondary N) is 1. The minimum atomic E-state index is -0.786. The zero-order valence-corrected chi connectivity index (χ0v) is 16.0. The van der Waals surface area contributed by atoms with Crippen LogP contribution in [0, 0.1) is 0 Å². The molecule has 3 N–H and O–H groups in total. The monoisotopic (exact) mass is 395 g/mol. The van der Waals surface area contributed by atoms with Crippen molar-refractivity contribution in [2.75, 3.05) is 52.9 Å². The molecule has 3 rings (SSSR count). The second-order valence-electron chi connectivity index (χ2n) is 6.87. The molecule has 3 aliphatic rings. The highest BCUT2D eigenvalue weighted by molar-refractivity contribution is 6.05. The lowest BCUT2D eigenvalue weighted by Crippen LogP contribution is -2.64. The number of ether oxygens (including phenoxy) is 1. The molecule has 5 amide bonds. The van der Waals surface area contributed by atoms with E-state index in [1.54, 1.807) is 23.8 Å². The first-order valence-electron chi connectivity index (χ1n) is 9.15. The summed E-state index contributed by atoms with van der Waals surface area (Å²) in [6.07, 6.45) is -1.03. The highest BCUT2D eigenvalue weighted by atomic mass is 16.6. The maximum absolute atomic E-state index is 12.3. The molecule has 0 aromatic heterocycles. The molecule has 2 fully saturated rings. The summed E-state index contributed by atoms with van der Waals surface area (Å²) >= 11 is 0. The maximum atomic E-state index is 12.3. The van der Waals surface area contributed by atoms with Crippen LogP contribution in [0.5, 0.6) is 0 Å². The second kappa shape index (κ2) is 8.00. The molecule has 0 bridgehead atoms. The number of hydrogen-bond acceptors (Lipinski definition) is 8. The fourth-order valence-electron chi connectivity index (χ4n) is 3.57. The van der Waals surface area contributed by atoms with Crippen molar-refractivity contribution in [2.45, 2.75) is 19.1 Å². The van der Waals surface area contributed by atoms with Crippen molar-refractivity contribution in [1.29, 1.82) is 0 Å². The van der Waals surface area contributed by atoms with Crippen LogP contribution in [0.1, 0.15) is 6.92 Å². The zero-order chi connectivity index (χ0) is 20.4. The summed E-state index contributed by atoms with van der Waals surface area (Å²) in [4.78, 5) is 58.7. The molecule has 2 saturated heterocycles. The molecule has 0 spiro atoms. The van der Waals surface area contributed by atoms with Gasteiger partial charge in [0.25, 0.3) is 5.91 Å². The number of primary amides is 1. The summed E-state index contributed by atoms with van der Waals surface area (Å²) in [5.41, 5.74) is 5.36. The lowest BCUT2D eigenvalue weighted by molar-refractivity contribution is -0.128. The van der Waals surface area contributed by atoms with E-state index < -0.39 is 30.1 Å². The molecule has 12 nitrogen and oxygen atoms in total. The smallest absolute Gasteiger partial charge is 0.409 e. The van der Waals surface area contributed by atoms with Gasteiger partial charge in [0.2, 0.25) is 5.91 Å². The summed E-state index contributed by atoms with van der Waals surface area (Å²) in [5, 5.41) is 2.27. The molecule has 0 saturated carbocycles. The number of carbonyl (C=O) groups excluding carboxylic acids is 4. The fourth-order valence-corrected chi connectivity index (χ4v) is 3.57. The summed E-state index contributed by atoms with van der Waals surface area (Å²) in [7, 11) is 1.55. The predicted octanol–water partition coefficient (Wildman–Crippen LogP) is -2.16. The van der Waals surface area contributed by atoms with Crippen LogP contribution >= 0.6 is 0 Å². The Balaban J connectivity index is 1.69. The van der Waals surface area contributed by atoms with Gasteiger partial charge in [0.1, 0.15) is 5.84 Å². The van der Waals surface area contributed by atoms with E-state index in [4.69, 9.17) is 10.5 Å². The first-order chi connectivity index (χ1) is 13.3. The van der Waals surface area contributed by atoms with E-state index in [9.17, 15) is 19.2 Å². The Morgan fingerprint density at radius 2 is 1.93 bits per heavy atom. The Labute approximate surface area is 162 Å². The van der Waals surface area contributed by atoms with Crippen molar-refractivity contribution in [1.82, 2.24) is 24.9 Å². The second-order valence-corrected chi connectivity index (χ2v) is 6.87. The third kappa shape index (κ3) is 3.86. The van der Waals surface area contributed by atoms with E-state index in [0.717, 1.165) is 0 Å². The van der Waals surface area contributed by atoms with Crippen molar-refractivity contribution >= 4 is 29.8 Å². The standard InChI is InChI=1S/C16H25N7O5/c1-3-28-16(27)22-6-4-21(5-7-22)9-11-18-13-12(23(11)8-10(17)24)14(25)19-15(26)20(13)2/h12-13H,3-9H2,1-2H3,(H2,17,24)(H,19,25,26). The number of fused-ring (bicyclic) bond motifs is 1. The van der Waals surface area contributed by atoms with Crippen LogP contribution in [-0.4, -0.2) is 115 Å². The van der Waals surface area contributed by atoms with Gasteiger partial charge in [-0.2, -0.15) is 0 Å². The lowest BCUT2D eigenvalue weighted by Gasteiger charge is -2.37. The van der Waals surface area contributed by atoms with Gasteiger partial charge in [0.05, 0.1) is 19.7 Å². The van der Waals surface area contributed by atoms with Crippen molar-refractivity contribution in [3.05, 3.63) is 0 Å². The molecule has 2 atom stereocenters. The molecule has 0 aromatic carbocycles. The number of carbonyl (C=O) groups is 4. The number of rotatable bonds is 5. The quantitative estimate of drug-likeness (QED) is 0.540. The normalized spacial score (nSPS) is 25.4. The van der Waals surface area contributed by atoms with Crippen molar-refractivity contribution in [3.63, 3.8) is 0 Å². The Morgan fingerprint density at radius 3 is 2.54 bits per heavy atom. The summed E-state index contributed by atoms with van der Waals surface area (Å²) < 4.78 is 5.01.